The van der Waals surface area contributed by atoms with Crippen LogP contribution in [0.3, 0.4) is 0 Å². The Morgan fingerprint density at radius 2 is 2.06 bits per heavy atom. The molecule has 1 aromatic rings. The summed E-state index contributed by atoms with van der Waals surface area (Å²) in [5, 5.41) is 0.973. The lowest BCUT2D eigenvalue weighted by Crippen LogP contribution is -2.27. The Kier molecular flexibility index (Phi) is 5.05. The Bertz CT molecular complexity index is 412. The van der Waals surface area contributed by atoms with Gasteiger partial charge in [-0.25, -0.2) is 4.79 Å². The summed E-state index contributed by atoms with van der Waals surface area (Å²) in [5.74, 6) is 0. The van der Waals surface area contributed by atoms with Crippen LogP contribution < -0.4 is 5.73 Å². The Labute approximate surface area is 110 Å². The summed E-state index contributed by atoms with van der Waals surface area (Å²) >= 11 is 11.8. The number of halogens is 2. The first-order valence-electron chi connectivity index (χ1n) is 4.89. The third-order valence-corrected chi connectivity index (χ3v) is 2.81. The molecule has 1 unspecified atom stereocenters. The van der Waals surface area contributed by atoms with Gasteiger partial charge in [0.05, 0.1) is 0 Å². The fourth-order valence-corrected chi connectivity index (χ4v) is 2.06. The van der Waals surface area contributed by atoms with E-state index in [1.54, 1.807) is 25.1 Å². The number of primary amides is 1. The van der Waals surface area contributed by atoms with Crippen LogP contribution in [0.2, 0.25) is 10.0 Å². The number of carbonyl (C=O) groups excluding carboxylic acids is 1. The maximum atomic E-state index is 10.7. The molecule has 1 amide bonds. The second kappa shape index (κ2) is 6.10. The Morgan fingerprint density at radius 3 is 2.53 bits per heavy atom. The lowest BCUT2D eigenvalue weighted by molar-refractivity contribution is -0.0120. The summed E-state index contributed by atoms with van der Waals surface area (Å²) in [6.45, 7) is 1.67. The Hall–Kier alpha value is -0.970. The monoisotopic (exact) mass is 277 g/mol. The van der Waals surface area contributed by atoms with Crippen LogP contribution in [0, 0.1) is 0 Å². The van der Waals surface area contributed by atoms with Crippen molar-refractivity contribution < 1.29 is 14.3 Å². The zero-order valence-corrected chi connectivity index (χ0v) is 11.0. The van der Waals surface area contributed by atoms with Crippen molar-refractivity contribution in [2.75, 3.05) is 7.11 Å². The first-order valence-corrected chi connectivity index (χ1v) is 5.65. The number of ether oxygens (including phenoxy) is 2. The van der Waals surface area contributed by atoms with Gasteiger partial charge in [0, 0.05) is 22.7 Å². The number of amides is 1. The Morgan fingerprint density at radius 1 is 1.41 bits per heavy atom. The van der Waals surface area contributed by atoms with Crippen molar-refractivity contribution in [2.24, 2.45) is 5.73 Å². The van der Waals surface area contributed by atoms with E-state index in [4.69, 9.17) is 38.4 Å². The molecule has 0 heterocycles. The predicted molar refractivity (Wildman–Crippen MR) is 66.3 cm³/mol. The zero-order chi connectivity index (χ0) is 13.0. The molecule has 1 rings (SSSR count). The highest BCUT2D eigenvalue weighted by atomic mass is 35.5. The van der Waals surface area contributed by atoms with E-state index in [1.165, 1.54) is 7.11 Å². The molecule has 0 aliphatic heterocycles. The SMILES string of the molecule is CO[C@H](c1ccc(Cl)cc1Cl)C(C)OC(N)=O. The quantitative estimate of drug-likeness (QED) is 0.920. The van der Waals surface area contributed by atoms with Gasteiger partial charge in [-0.1, -0.05) is 29.3 Å². The van der Waals surface area contributed by atoms with Gasteiger partial charge in [0.15, 0.2) is 0 Å². The number of methoxy groups -OCH3 is 1. The largest absolute Gasteiger partial charge is 0.444 e. The van der Waals surface area contributed by atoms with Gasteiger partial charge < -0.3 is 15.2 Å². The van der Waals surface area contributed by atoms with Crippen LogP contribution in [0.15, 0.2) is 18.2 Å². The average Bonchev–Trinajstić information content (AvgIpc) is 2.21. The summed E-state index contributed by atoms with van der Waals surface area (Å²) in [6, 6.07) is 5.01. The van der Waals surface area contributed by atoms with Crippen LogP contribution in [0.25, 0.3) is 0 Å². The van der Waals surface area contributed by atoms with E-state index in [9.17, 15) is 4.79 Å². The number of rotatable bonds is 4. The Balaban J connectivity index is 2.96. The van der Waals surface area contributed by atoms with Crippen molar-refractivity contribution in [3.63, 3.8) is 0 Å². The molecule has 2 atom stereocenters. The molecule has 0 radical (unpaired) electrons. The summed E-state index contributed by atoms with van der Waals surface area (Å²) in [7, 11) is 1.50. The van der Waals surface area contributed by atoms with Crippen molar-refractivity contribution in [1.82, 2.24) is 0 Å². The number of carbonyl (C=O) groups is 1. The highest BCUT2D eigenvalue weighted by molar-refractivity contribution is 6.35. The van der Waals surface area contributed by atoms with E-state index in [0.29, 0.717) is 15.6 Å². The van der Waals surface area contributed by atoms with E-state index < -0.39 is 18.3 Å². The minimum absolute atomic E-state index is 0.448. The third kappa shape index (κ3) is 3.77. The molecule has 0 spiro atoms. The first-order chi connectivity index (χ1) is 7.95. The van der Waals surface area contributed by atoms with Crippen molar-refractivity contribution in [2.45, 2.75) is 19.1 Å². The fraction of sp³-hybridized carbons (Fsp3) is 0.364. The number of nitrogens with two attached hydrogens (primary N) is 1. The number of benzene rings is 1. The lowest BCUT2D eigenvalue weighted by Gasteiger charge is -2.23. The van der Waals surface area contributed by atoms with Gasteiger partial charge in [0.2, 0.25) is 0 Å². The zero-order valence-electron chi connectivity index (χ0n) is 9.44. The maximum Gasteiger partial charge on any atom is 0.404 e. The highest BCUT2D eigenvalue weighted by Gasteiger charge is 2.24. The van der Waals surface area contributed by atoms with Gasteiger partial charge in [-0.3, -0.25) is 0 Å². The molecule has 0 bridgehead atoms. The summed E-state index contributed by atoms with van der Waals surface area (Å²) in [4.78, 5) is 10.7. The van der Waals surface area contributed by atoms with Crippen LogP contribution in [0.4, 0.5) is 4.79 Å². The molecule has 0 aromatic heterocycles. The van der Waals surface area contributed by atoms with E-state index in [2.05, 4.69) is 0 Å². The second-order valence-electron chi connectivity index (χ2n) is 3.46. The van der Waals surface area contributed by atoms with Gasteiger partial charge in [-0.05, 0) is 19.1 Å². The van der Waals surface area contributed by atoms with E-state index in [0.717, 1.165) is 0 Å². The topological polar surface area (TPSA) is 61.6 Å². The molecule has 6 heteroatoms. The van der Waals surface area contributed by atoms with Gasteiger partial charge in [0.25, 0.3) is 0 Å². The smallest absolute Gasteiger partial charge is 0.404 e. The molecular weight excluding hydrogens is 265 g/mol. The molecular formula is C11H13Cl2NO3. The normalized spacial score (nSPS) is 14.1. The maximum absolute atomic E-state index is 10.7. The molecule has 17 heavy (non-hydrogen) atoms. The summed E-state index contributed by atoms with van der Waals surface area (Å²) in [5.41, 5.74) is 5.64. The third-order valence-electron chi connectivity index (χ3n) is 2.25. The van der Waals surface area contributed by atoms with Crippen LogP contribution in [-0.2, 0) is 9.47 Å². The van der Waals surface area contributed by atoms with Crippen LogP contribution in [0.5, 0.6) is 0 Å². The van der Waals surface area contributed by atoms with E-state index in [1.807, 2.05) is 0 Å². The number of hydrogen-bond acceptors (Lipinski definition) is 3. The molecule has 0 aliphatic carbocycles. The minimum atomic E-state index is -0.857. The van der Waals surface area contributed by atoms with E-state index >= 15 is 0 Å². The molecule has 0 saturated heterocycles. The van der Waals surface area contributed by atoms with Crippen molar-refractivity contribution in [3.05, 3.63) is 33.8 Å². The molecule has 1 aromatic carbocycles. The molecule has 0 aliphatic rings. The second-order valence-corrected chi connectivity index (χ2v) is 4.31. The van der Waals surface area contributed by atoms with Crippen LogP contribution in [0.1, 0.15) is 18.6 Å². The van der Waals surface area contributed by atoms with Gasteiger partial charge in [-0.15, -0.1) is 0 Å². The first kappa shape index (κ1) is 14.1. The van der Waals surface area contributed by atoms with Crippen LogP contribution in [-0.4, -0.2) is 19.3 Å². The molecule has 4 nitrogen and oxygen atoms in total. The standard InChI is InChI=1S/C11H13Cl2NO3/c1-6(17-11(14)15)10(16-2)8-4-3-7(12)5-9(8)13/h3-6,10H,1-2H3,(H2,14,15)/t6?,10-/m0/s1. The summed E-state index contributed by atoms with van der Waals surface area (Å²) < 4.78 is 10.1. The number of hydrogen-bond donors (Lipinski definition) is 1. The molecule has 0 saturated carbocycles. The van der Waals surface area contributed by atoms with Crippen LogP contribution >= 0.6 is 23.2 Å². The highest BCUT2D eigenvalue weighted by Crippen LogP contribution is 2.31. The summed E-state index contributed by atoms with van der Waals surface area (Å²) in [6.07, 6.45) is -1.90. The van der Waals surface area contributed by atoms with Gasteiger partial charge in [-0.2, -0.15) is 0 Å². The van der Waals surface area contributed by atoms with E-state index in [-0.39, 0.29) is 0 Å². The van der Waals surface area contributed by atoms with Gasteiger partial charge in [0.1, 0.15) is 12.2 Å². The molecule has 0 fully saturated rings. The minimum Gasteiger partial charge on any atom is -0.444 e. The van der Waals surface area contributed by atoms with Gasteiger partial charge >= 0.3 is 6.09 Å². The van der Waals surface area contributed by atoms with Crippen molar-refractivity contribution >= 4 is 29.3 Å². The van der Waals surface area contributed by atoms with Crippen molar-refractivity contribution in [3.8, 4) is 0 Å². The predicted octanol–water partition coefficient (Wildman–Crippen LogP) is 3.16. The lowest BCUT2D eigenvalue weighted by atomic mass is 10.1. The fourth-order valence-electron chi connectivity index (χ4n) is 1.55. The molecule has 94 valence electrons. The average molecular weight is 278 g/mol. The van der Waals surface area contributed by atoms with Crippen molar-refractivity contribution in [1.29, 1.82) is 0 Å². The molecule has 2 N–H and O–H groups in total.